The number of anilines is 1. The number of nitrogens with zero attached hydrogens (tertiary/aromatic N) is 3. The molecule has 1 aromatic carbocycles. The van der Waals surface area contributed by atoms with Gasteiger partial charge in [0.05, 0.1) is 5.69 Å². The number of nitrogens with one attached hydrogen (secondary N) is 1. The first-order chi connectivity index (χ1) is 14.0. The van der Waals surface area contributed by atoms with Crippen LogP contribution < -0.4 is 15.1 Å². The molecular formula is C22H28N4O4. The Morgan fingerprint density at radius 2 is 2.07 bits per heavy atom. The molecular weight excluding hydrogens is 384 g/mol. The number of carbonyl (C=O) groups excluding carboxylic acids is 2. The van der Waals surface area contributed by atoms with E-state index in [4.69, 9.17) is 9.47 Å². The van der Waals surface area contributed by atoms with Crippen molar-refractivity contribution in [2.24, 2.45) is 10.5 Å². The molecule has 30 heavy (non-hydrogen) atoms. The zero-order chi connectivity index (χ0) is 21.8. The van der Waals surface area contributed by atoms with Crippen LogP contribution in [0, 0.1) is 5.41 Å². The zero-order valence-corrected chi connectivity index (χ0v) is 18.1. The number of hydrazone groups is 1. The molecule has 8 nitrogen and oxygen atoms in total. The molecule has 3 heterocycles. The fourth-order valence-electron chi connectivity index (χ4n) is 4.01. The number of hydrogen-bond donors (Lipinski definition) is 1. The molecule has 160 valence electrons. The summed E-state index contributed by atoms with van der Waals surface area (Å²) in [4.78, 5) is 28.0. The highest BCUT2D eigenvalue weighted by Gasteiger charge is 2.45. The monoisotopic (exact) mass is 412 g/mol. The number of amidine groups is 1. The molecule has 8 heteroatoms. The van der Waals surface area contributed by atoms with Crippen molar-refractivity contribution in [3.8, 4) is 5.75 Å². The minimum atomic E-state index is -0.519. The Labute approximate surface area is 176 Å². The third kappa shape index (κ3) is 3.40. The molecule has 0 aliphatic carbocycles. The average molecular weight is 412 g/mol. The predicted octanol–water partition coefficient (Wildman–Crippen LogP) is 2.99. The second kappa shape index (κ2) is 6.75. The number of likely N-dealkylation sites (tertiary alicyclic amines) is 1. The normalized spacial score (nSPS) is 22.0. The minimum Gasteiger partial charge on any atom is -0.483 e. The second-order valence-corrected chi connectivity index (χ2v) is 9.40. The fraction of sp³-hybridized carbons (Fsp3) is 0.500. The largest absolute Gasteiger partial charge is 0.483 e. The summed E-state index contributed by atoms with van der Waals surface area (Å²) < 4.78 is 11.3. The summed E-state index contributed by atoms with van der Waals surface area (Å²) in [5.74, 6) is 1.22. The molecule has 1 unspecified atom stereocenters. The molecule has 0 radical (unpaired) electrons. The number of fused-ring (bicyclic) bond motifs is 3. The van der Waals surface area contributed by atoms with Gasteiger partial charge in [0, 0.05) is 18.5 Å². The maximum atomic E-state index is 12.3. The molecule has 2 amide bonds. The number of rotatable bonds is 2. The van der Waals surface area contributed by atoms with Crippen LogP contribution in [0.5, 0.6) is 5.75 Å². The lowest BCUT2D eigenvalue weighted by molar-refractivity contribution is -0.122. The highest BCUT2D eigenvalue weighted by molar-refractivity contribution is 6.09. The molecule has 0 bridgehead atoms. The number of carbonyl (C=O) groups is 2. The Kier molecular flexibility index (Phi) is 4.56. The highest BCUT2D eigenvalue weighted by Crippen LogP contribution is 2.45. The van der Waals surface area contributed by atoms with Crippen LogP contribution in [0.2, 0.25) is 0 Å². The van der Waals surface area contributed by atoms with E-state index in [0.29, 0.717) is 31.3 Å². The quantitative estimate of drug-likeness (QED) is 0.807. The molecule has 1 aromatic rings. The summed E-state index contributed by atoms with van der Waals surface area (Å²) in [5.41, 5.74) is 4.45. The lowest BCUT2D eigenvalue weighted by Gasteiger charge is -2.49. The third-order valence-electron chi connectivity index (χ3n) is 5.72. The molecule has 1 N–H and O–H groups in total. The van der Waals surface area contributed by atoms with E-state index in [-0.39, 0.29) is 23.5 Å². The highest BCUT2D eigenvalue weighted by atomic mass is 16.6. The van der Waals surface area contributed by atoms with Gasteiger partial charge >= 0.3 is 6.09 Å². The van der Waals surface area contributed by atoms with Gasteiger partial charge in [-0.1, -0.05) is 19.6 Å². The zero-order valence-electron chi connectivity index (χ0n) is 18.1. The molecule has 3 aliphatic heterocycles. The molecule has 0 spiro atoms. The molecule has 1 atom stereocenters. The van der Waals surface area contributed by atoms with E-state index in [1.54, 1.807) is 4.90 Å². The molecule has 0 aromatic heterocycles. The van der Waals surface area contributed by atoms with Crippen LogP contribution in [0.4, 0.5) is 10.5 Å². The number of hydrogen-bond acceptors (Lipinski definition) is 6. The SMILES string of the molecule is C=C(c1ccc2c(c1)N1C(=NNC(=O)C1C)CO2)C1(C)CN(C(=O)OC(C)(C)C)C1. The average Bonchev–Trinajstić information content (AvgIpc) is 2.65. The van der Waals surface area contributed by atoms with Crippen molar-refractivity contribution in [3.05, 3.63) is 30.3 Å². The van der Waals surface area contributed by atoms with E-state index in [1.165, 1.54) is 0 Å². The third-order valence-corrected chi connectivity index (χ3v) is 5.72. The number of amides is 2. The van der Waals surface area contributed by atoms with Gasteiger partial charge in [-0.2, -0.15) is 5.10 Å². The Morgan fingerprint density at radius 1 is 1.37 bits per heavy atom. The maximum absolute atomic E-state index is 12.3. The molecule has 4 rings (SSSR count). The summed E-state index contributed by atoms with van der Waals surface area (Å²) in [5, 5.41) is 4.13. The van der Waals surface area contributed by atoms with Gasteiger partial charge < -0.3 is 19.3 Å². The van der Waals surface area contributed by atoms with Crippen LogP contribution in [0.15, 0.2) is 29.9 Å². The Balaban J connectivity index is 1.54. The van der Waals surface area contributed by atoms with Crippen LogP contribution >= 0.6 is 0 Å². The first kappa shape index (κ1) is 20.3. The van der Waals surface area contributed by atoms with Gasteiger partial charge in [-0.3, -0.25) is 4.79 Å². The molecule has 1 fully saturated rings. The van der Waals surface area contributed by atoms with Crippen molar-refractivity contribution in [3.63, 3.8) is 0 Å². The first-order valence-corrected chi connectivity index (χ1v) is 10.1. The van der Waals surface area contributed by atoms with Gasteiger partial charge in [0.1, 0.15) is 24.0 Å². The maximum Gasteiger partial charge on any atom is 0.410 e. The summed E-state index contributed by atoms with van der Waals surface area (Å²) in [6.45, 7) is 15.2. The van der Waals surface area contributed by atoms with Crippen LogP contribution in [0.1, 0.15) is 40.2 Å². The van der Waals surface area contributed by atoms with Gasteiger partial charge in [0.15, 0.2) is 5.84 Å². The van der Waals surface area contributed by atoms with E-state index in [9.17, 15) is 9.59 Å². The summed E-state index contributed by atoms with van der Waals surface area (Å²) >= 11 is 0. The summed E-state index contributed by atoms with van der Waals surface area (Å²) in [6, 6.07) is 5.48. The van der Waals surface area contributed by atoms with E-state index in [0.717, 1.165) is 16.8 Å². The van der Waals surface area contributed by atoms with Crippen molar-refractivity contribution in [1.82, 2.24) is 10.3 Å². The predicted molar refractivity (Wildman–Crippen MR) is 114 cm³/mol. The van der Waals surface area contributed by atoms with E-state index in [2.05, 4.69) is 24.0 Å². The smallest absolute Gasteiger partial charge is 0.410 e. The van der Waals surface area contributed by atoms with Crippen molar-refractivity contribution >= 4 is 29.1 Å². The first-order valence-electron chi connectivity index (χ1n) is 10.1. The van der Waals surface area contributed by atoms with Crippen LogP contribution in [-0.2, 0) is 9.53 Å². The Bertz CT molecular complexity index is 956. The topological polar surface area (TPSA) is 83.5 Å². The number of ether oxygens (including phenoxy) is 2. The standard InChI is InChI=1S/C22H28N4O4/c1-13(22(6)11-25(12-22)20(28)30-21(3,4)5)15-7-8-17-16(9-15)26-14(2)19(27)24-23-18(26)10-29-17/h7-9,14H,1,10-12H2,2-6H3,(H,24,27). The lowest BCUT2D eigenvalue weighted by atomic mass is 9.73. The van der Waals surface area contributed by atoms with Gasteiger partial charge in [-0.25, -0.2) is 10.2 Å². The number of benzene rings is 1. The molecule has 1 saturated heterocycles. The summed E-state index contributed by atoms with van der Waals surface area (Å²) in [6.07, 6.45) is -0.305. The van der Waals surface area contributed by atoms with Crippen LogP contribution in [0.3, 0.4) is 0 Å². The van der Waals surface area contributed by atoms with E-state index in [1.807, 2.05) is 50.8 Å². The van der Waals surface area contributed by atoms with Crippen LogP contribution in [-0.4, -0.2) is 54.1 Å². The lowest BCUT2D eigenvalue weighted by Crippen LogP contribution is -2.58. The molecule has 3 aliphatic rings. The minimum absolute atomic E-state index is 0.158. The van der Waals surface area contributed by atoms with Crippen LogP contribution in [0.25, 0.3) is 5.57 Å². The van der Waals surface area contributed by atoms with E-state index < -0.39 is 5.60 Å². The van der Waals surface area contributed by atoms with Crippen molar-refractivity contribution in [1.29, 1.82) is 0 Å². The van der Waals surface area contributed by atoms with Gasteiger partial charge in [-0.05, 0) is 51.0 Å². The second-order valence-electron chi connectivity index (χ2n) is 9.40. The van der Waals surface area contributed by atoms with Gasteiger partial charge in [0.25, 0.3) is 5.91 Å². The van der Waals surface area contributed by atoms with Crippen molar-refractivity contribution in [2.45, 2.75) is 46.3 Å². The summed E-state index contributed by atoms with van der Waals surface area (Å²) in [7, 11) is 0. The van der Waals surface area contributed by atoms with Gasteiger partial charge in [-0.15, -0.1) is 0 Å². The van der Waals surface area contributed by atoms with Crippen molar-refractivity contribution in [2.75, 3.05) is 24.6 Å². The molecule has 0 saturated carbocycles. The Morgan fingerprint density at radius 3 is 2.73 bits per heavy atom. The van der Waals surface area contributed by atoms with Gasteiger partial charge in [0.2, 0.25) is 0 Å². The van der Waals surface area contributed by atoms with Crippen molar-refractivity contribution < 1.29 is 19.1 Å². The van der Waals surface area contributed by atoms with E-state index >= 15 is 0 Å². The fourth-order valence-corrected chi connectivity index (χ4v) is 4.01. The Hall–Kier alpha value is -3.03.